The third-order valence-electron chi connectivity index (χ3n) is 4.63. The summed E-state index contributed by atoms with van der Waals surface area (Å²) in [4.78, 5) is 20.3. The van der Waals surface area contributed by atoms with Gasteiger partial charge in [-0.25, -0.2) is 4.98 Å². The molecule has 0 bridgehead atoms. The molecule has 8 heteroatoms. The van der Waals surface area contributed by atoms with Crippen molar-refractivity contribution >= 4 is 22.7 Å². The van der Waals surface area contributed by atoms with Crippen LogP contribution in [0.5, 0.6) is 0 Å². The third kappa shape index (κ3) is 4.62. The summed E-state index contributed by atoms with van der Waals surface area (Å²) in [6.07, 6.45) is 0. The summed E-state index contributed by atoms with van der Waals surface area (Å²) in [5.74, 6) is 1.54. The number of para-hydroxylation sites is 1. The van der Waals surface area contributed by atoms with Gasteiger partial charge in [0, 0.05) is 32.1 Å². The van der Waals surface area contributed by atoms with Gasteiger partial charge in [0.15, 0.2) is 5.16 Å². The molecule has 0 aliphatic heterocycles. The van der Waals surface area contributed by atoms with Crippen molar-refractivity contribution in [1.29, 1.82) is 0 Å². The first kappa shape index (κ1) is 20.5. The maximum Gasteiger partial charge on any atom is 0.262 e. The van der Waals surface area contributed by atoms with E-state index >= 15 is 0 Å². The Kier molecular flexibility index (Phi) is 6.51. The second kappa shape index (κ2) is 8.87. The molecule has 0 unspecified atom stereocenters. The Morgan fingerprint density at radius 3 is 2.50 bits per heavy atom. The van der Waals surface area contributed by atoms with Crippen LogP contribution < -0.4 is 5.56 Å². The Morgan fingerprint density at radius 2 is 1.86 bits per heavy atom. The van der Waals surface area contributed by atoms with Gasteiger partial charge in [-0.3, -0.25) is 14.3 Å². The molecule has 0 saturated carbocycles. The summed E-state index contributed by atoms with van der Waals surface area (Å²) < 4.78 is 7.23. The Morgan fingerprint density at radius 1 is 1.14 bits per heavy atom. The molecule has 3 rings (SSSR count). The topological polar surface area (TPSA) is 77.1 Å². The first-order chi connectivity index (χ1) is 13.4. The van der Waals surface area contributed by atoms with Crippen LogP contribution in [-0.2, 0) is 12.3 Å². The van der Waals surface area contributed by atoms with Crippen molar-refractivity contribution in [1.82, 2.24) is 24.6 Å². The van der Waals surface area contributed by atoms with E-state index < -0.39 is 0 Å². The van der Waals surface area contributed by atoms with Crippen molar-refractivity contribution in [2.24, 2.45) is 0 Å². The largest absolute Gasteiger partial charge is 0.425 e. The minimum absolute atomic E-state index is 0.0118. The standard InChI is InChI=1S/C20H27N5O2S/c1-13(2)24(14(3)4)10-11-25-19(26)16-8-6-7-9-17(16)21-20(25)28-12-18-23-22-15(5)27-18/h6-9,13-14H,10-12H2,1-5H3. The van der Waals surface area contributed by atoms with Crippen LogP contribution >= 0.6 is 11.8 Å². The van der Waals surface area contributed by atoms with Crippen molar-refractivity contribution in [3.05, 3.63) is 46.4 Å². The summed E-state index contributed by atoms with van der Waals surface area (Å²) in [6, 6.07) is 8.28. The van der Waals surface area contributed by atoms with Crippen LogP contribution in [-0.4, -0.2) is 43.3 Å². The molecule has 0 fully saturated rings. The third-order valence-corrected chi connectivity index (χ3v) is 5.59. The molecular weight excluding hydrogens is 374 g/mol. The Balaban J connectivity index is 1.93. The van der Waals surface area contributed by atoms with Gasteiger partial charge in [-0.2, -0.15) is 0 Å². The number of fused-ring (bicyclic) bond motifs is 1. The number of hydrogen-bond donors (Lipinski definition) is 0. The van der Waals surface area contributed by atoms with E-state index in [1.165, 1.54) is 11.8 Å². The summed E-state index contributed by atoms with van der Waals surface area (Å²) >= 11 is 1.45. The average molecular weight is 402 g/mol. The molecule has 3 aromatic rings. The first-order valence-corrected chi connectivity index (χ1v) is 10.5. The SMILES string of the molecule is Cc1nnc(CSc2nc3ccccc3c(=O)n2CCN(C(C)C)C(C)C)o1. The fourth-order valence-corrected chi connectivity index (χ4v) is 4.17. The minimum atomic E-state index is -0.0118. The molecule has 7 nitrogen and oxygen atoms in total. The highest BCUT2D eigenvalue weighted by Gasteiger charge is 2.17. The predicted molar refractivity (Wildman–Crippen MR) is 112 cm³/mol. The van der Waals surface area contributed by atoms with Crippen LogP contribution in [0.2, 0.25) is 0 Å². The highest BCUT2D eigenvalue weighted by Crippen LogP contribution is 2.22. The molecule has 0 aliphatic rings. The van der Waals surface area contributed by atoms with E-state index in [-0.39, 0.29) is 5.56 Å². The molecule has 2 aromatic heterocycles. The van der Waals surface area contributed by atoms with Crippen LogP contribution in [0.4, 0.5) is 0 Å². The summed E-state index contributed by atoms with van der Waals surface area (Å²) in [5, 5.41) is 9.21. The molecular formula is C20H27N5O2S. The lowest BCUT2D eigenvalue weighted by molar-refractivity contribution is 0.166. The molecule has 0 N–H and O–H groups in total. The zero-order chi connectivity index (χ0) is 20.3. The maximum atomic E-state index is 13.2. The minimum Gasteiger partial charge on any atom is -0.425 e. The van der Waals surface area contributed by atoms with Crippen LogP contribution in [0.25, 0.3) is 10.9 Å². The van der Waals surface area contributed by atoms with Gasteiger partial charge < -0.3 is 4.42 Å². The van der Waals surface area contributed by atoms with Gasteiger partial charge in [0.25, 0.3) is 5.56 Å². The second-order valence-electron chi connectivity index (χ2n) is 7.30. The normalized spacial score (nSPS) is 12.0. The van der Waals surface area contributed by atoms with Crippen molar-refractivity contribution < 1.29 is 4.42 Å². The Labute approximate surface area is 169 Å². The maximum absolute atomic E-state index is 13.2. The predicted octanol–water partition coefficient (Wildman–Crippen LogP) is 3.50. The van der Waals surface area contributed by atoms with Gasteiger partial charge in [0.05, 0.1) is 16.7 Å². The van der Waals surface area contributed by atoms with Crippen LogP contribution in [0.15, 0.2) is 38.6 Å². The zero-order valence-corrected chi connectivity index (χ0v) is 17.9. The summed E-state index contributed by atoms with van der Waals surface area (Å²) in [7, 11) is 0. The van der Waals surface area contributed by atoms with Crippen molar-refractivity contribution in [2.45, 2.75) is 64.2 Å². The van der Waals surface area contributed by atoms with Gasteiger partial charge in [-0.1, -0.05) is 23.9 Å². The number of nitrogens with zero attached hydrogens (tertiary/aromatic N) is 5. The number of hydrogen-bond acceptors (Lipinski definition) is 7. The van der Waals surface area contributed by atoms with E-state index in [4.69, 9.17) is 9.40 Å². The van der Waals surface area contributed by atoms with Gasteiger partial charge in [0.1, 0.15) is 0 Å². The van der Waals surface area contributed by atoms with E-state index in [1.54, 1.807) is 11.5 Å². The quantitative estimate of drug-likeness (QED) is 0.422. The molecule has 1 aromatic carbocycles. The van der Waals surface area contributed by atoms with Crippen molar-refractivity contribution in [3.63, 3.8) is 0 Å². The monoisotopic (exact) mass is 401 g/mol. The van der Waals surface area contributed by atoms with E-state index in [0.29, 0.717) is 52.2 Å². The van der Waals surface area contributed by atoms with Crippen LogP contribution in [0, 0.1) is 6.92 Å². The van der Waals surface area contributed by atoms with Gasteiger partial charge >= 0.3 is 0 Å². The second-order valence-corrected chi connectivity index (χ2v) is 8.24. The zero-order valence-electron chi connectivity index (χ0n) is 17.0. The highest BCUT2D eigenvalue weighted by molar-refractivity contribution is 7.98. The van der Waals surface area contributed by atoms with E-state index in [1.807, 2.05) is 24.3 Å². The molecule has 0 spiro atoms. The lowest BCUT2D eigenvalue weighted by Crippen LogP contribution is -2.40. The Hall–Kier alpha value is -2.19. The number of aromatic nitrogens is 4. The van der Waals surface area contributed by atoms with E-state index in [9.17, 15) is 4.79 Å². The molecule has 0 radical (unpaired) electrons. The highest BCUT2D eigenvalue weighted by atomic mass is 32.2. The number of benzene rings is 1. The molecule has 0 aliphatic carbocycles. The van der Waals surface area contributed by atoms with Gasteiger partial charge in [-0.05, 0) is 39.8 Å². The molecule has 0 amide bonds. The smallest absolute Gasteiger partial charge is 0.262 e. The number of rotatable bonds is 8. The summed E-state index contributed by atoms with van der Waals surface area (Å²) in [5.41, 5.74) is 0.694. The number of aryl methyl sites for hydroxylation is 1. The fourth-order valence-electron chi connectivity index (χ4n) is 3.31. The van der Waals surface area contributed by atoms with E-state index in [2.05, 4.69) is 42.8 Å². The molecule has 0 saturated heterocycles. The van der Waals surface area contributed by atoms with Gasteiger partial charge in [0.2, 0.25) is 11.8 Å². The summed E-state index contributed by atoms with van der Waals surface area (Å²) in [6.45, 7) is 11.8. The van der Waals surface area contributed by atoms with Gasteiger partial charge in [-0.15, -0.1) is 10.2 Å². The average Bonchev–Trinajstić information content (AvgIpc) is 3.06. The molecule has 2 heterocycles. The number of thioether (sulfide) groups is 1. The lowest BCUT2D eigenvalue weighted by atomic mass is 10.2. The molecule has 150 valence electrons. The molecule has 0 atom stereocenters. The van der Waals surface area contributed by atoms with Crippen molar-refractivity contribution in [2.75, 3.05) is 6.54 Å². The molecule has 28 heavy (non-hydrogen) atoms. The van der Waals surface area contributed by atoms with Crippen LogP contribution in [0.3, 0.4) is 0 Å². The van der Waals surface area contributed by atoms with Crippen LogP contribution in [0.1, 0.15) is 39.5 Å². The first-order valence-electron chi connectivity index (χ1n) is 9.54. The Bertz CT molecular complexity index is 988. The lowest BCUT2D eigenvalue weighted by Gasteiger charge is -2.30. The van der Waals surface area contributed by atoms with Crippen molar-refractivity contribution in [3.8, 4) is 0 Å². The fraction of sp³-hybridized carbons (Fsp3) is 0.500. The van der Waals surface area contributed by atoms with E-state index in [0.717, 1.165) is 6.54 Å².